The summed E-state index contributed by atoms with van der Waals surface area (Å²) in [6, 6.07) is 6.28. The van der Waals surface area contributed by atoms with Crippen LogP contribution in [-0.2, 0) is 14.3 Å². The lowest BCUT2D eigenvalue weighted by Gasteiger charge is -2.14. The minimum Gasteiger partial charge on any atom is -0.491 e. The molecule has 0 bridgehead atoms. The van der Waals surface area contributed by atoms with Gasteiger partial charge in [-0.15, -0.1) is 0 Å². The average molecular weight is 308 g/mol. The number of carbonyl (C=O) groups is 2. The molecule has 22 heavy (non-hydrogen) atoms. The van der Waals surface area contributed by atoms with Gasteiger partial charge >= 0.3 is 0 Å². The quantitative estimate of drug-likeness (QED) is 0.214. The van der Waals surface area contributed by atoms with Crippen molar-refractivity contribution in [1.29, 1.82) is 0 Å². The number of aldehydes is 1. The van der Waals surface area contributed by atoms with E-state index in [1.54, 1.807) is 18.2 Å². The maximum absolute atomic E-state index is 11.1. The Balaban J connectivity index is 2.46. The van der Waals surface area contributed by atoms with Crippen molar-refractivity contribution in [2.24, 2.45) is 10.8 Å². The first-order chi connectivity index (χ1) is 10.7. The molecule has 1 unspecified atom stereocenters. The van der Waals surface area contributed by atoms with Gasteiger partial charge in [0, 0.05) is 10.5 Å². The molecule has 0 saturated heterocycles. The first kappa shape index (κ1) is 17.4. The number of hydrogen-bond acceptors (Lipinski definition) is 6. The molecule has 0 saturated carbocycles. The maximum Gasteiger partial charge on any atom is 0.248 e. The number of carbonyl (C=O) groups excluding carboxylic acids is 2. The molecule has 0 aliphatic rings. The lowest BCUT2D eigenvalue weighted by Crippen LogP contribution is -2.21. The van der Waals surface area contributed by atoms with Gasteiger partial charge in [-0.3, -0.25) is 4.79 Å². The van der Waals surface area contributed by atoms with E-state index in [0.717, 1.165) is 0 Å². The summed E-state index contributed by atoms with van der Waals surface area (Å²) in [4.78, 5) is 23.8. The molecule has 1 aromatic carbocycles. The van der Waals surface area contributed by atoms with Gasteiger partial charge < -0.3 is 24.7 Å². The predicted molar refractivity (Wildman–Crippen MR) is 76.2 cm³/mol. The van der Waals surface area contributed by atoms with Crippen molar-refractivity contribution in [3.63, 3.8) is 0 Å². The smallest absolute Gasteiger partial charge is 0.248 e. The molecular formula is C13H16N4O5. The van der Waals surface area contributed by atoms with Crippen LogP contribution in [0, 0.1) is 0 Å². The fourth-order valence-corrected chi connectivity index (χ4v) is 1.45. The summed E-state index contributed by atoms with van der Waals surface area (Å²) in [5, 5.41) is 3.43. The second-order valence-electron chi connectivity index (χ2n) is 3.98. The zero-order chi connectivity index (χ0) is 16.2. The van der Waals surface area contributed by atoms with E-state index in [1.165, 1.54) is 6.07 Å². The van der Waals surface area contributed by atoms with Crippen molar-refractivity contribution >= 4 is 12.2 Å². The van der Waals surface area contributed by atoms with Crippen LogP contribution in [0.3, 0.4) is 0 Å². The van der Waals surface area contributed by atoms with Gasteiger partial charge in [-0.05, 0) is 23.7 Å². The third-order valence-electron chi connectivity index (χ3n) is 2.42. The van der Waals surface area contributed by atoms with Crippen LogP contribution >= 0.6 is 0 Å². The molecule has 0 aliphatic carbocycles. The zero-order valence-electron chi connectivity index (χ0n) is 11.8. The lowest BCUT2D eigenvalue weighted by atomic mass is 10.2. The van der Waals surface area contributed by atoms with E-state index in [1.807, 2.05) is 0 Å². The van der Waals surface area contributed by atoms with Crippen molar-refractivity contribution in [1.82, 2.24) is 0 Å². The third kappa shape index (κ3) is 6.71. The van der Waals surface area contributed by atoms with Gasteiger partial charge in [-0.25, -0.2) is 0 Å². The largest absolute Gasteiger partial charge is 0.491 e. The van der Waals surface area contributed by atoms with Gasteiger partial charge in [0.05, 0.1) is 13.2 Å². The lowest BCUT2D eigenvalue weighted by molar-refractivity contribution is -0.112. The predicted octanol–water partition coefficient (Wildman–Crippen LogP) is 1.03. The van der Waals surface area contributed by atoms with E-state index >= 15 is 0 Å². The minimum atomic E-state index is -0.859. The molecule has 0 aliphatic heterocycles. The number of primary amides is 1. The number of azide groups is 1. The van der Waals surface area contributed by atoms with Crippen LogP contribution in [0.25, 0.3) is 10.4 Å². The topological polar surface area (TPSA) is 137 Å². The highest BCUT2D eigenvalue weighted by Crippen LogP contribution is 2.13. The summed E-state index contributed by atoms with van der Waals surface area (Å²) in [6.07, 6.45) is -0.234. The Hall–Kier alpha value is -2.61. The second-order valence-corrected chi connectivity index (χ2v) is 3.98. The molecule has 0 radical (unpaired) electrons. The molecule has 2 N–H and O–H groups in total. The van der Waals surface area contributed by atoms with Crippen LogP contribution < -0.4 is 10.5 Å². The number of amides is 1. The minimum absolute atomic E-state index is 0.0219. The van der Waals surface area contributed by atoms with Crippen LogP contribution in [0.15, 0.2) is 29.4 Å². The highest BCUT2D eigenvalue weighted by atomic mass is 16.6. The number of hydrogen-bond donors (Lipinski definition) is 1. The molecule has 0 aromatic heterocycles. The van der Waals surface area contributed by atoms with Crippen molar-refractivity contribution in [2.75, 3.05) is 26.4 Å². The van der Waals surface area contributed by atoms with Gasteiger partial charge in [0.2, 0.25) is 5.91 Å². The van der Waals surface area contributed by atoms with Crippen molar-refractivity contribution in [2.45, 2.75) is 6.23 Å². The average Bonchev–Trinajstić information content (AvgIpc) is 2.52. The molecule has 118 valence electrons. The van der Waals surface area contributed by atoms with Crippen molar-refractivity contribution in [3.05, 3.63) is 40.3 Å². The summed E-state index contributed by atoms with van der Waals surface area (Å²) in [5.41, 5.74) is 13.9. The molecule has 1 aromatic rings. The number of nitrogens with zero attached hydrogens (tertiary/aromatic N) is 3. The molecule has 0 fully saturated rings. The third-order valence-corrected chi connectivity index (χ3v) is 2.42. The Kier molecular flexibility index (Phi) is 8.06. The number of nitrogens with two attached hydrogens (primary N) is 1. The highest BCUT2D eigenvalue weighted by molar-refractivity contribution is 5.93. The highest BCUT2D eigenvalue weighted by Gasteiger charge is 2.09. The van der Waals surface area contributed by atoms with E-state index in [0.29, 0.717) is 17.6 Å². The van der Waals surface area contributed by atoms with Gasteiger partial charge in [-0.1, -0.05) is 11.2 Å². The first-order valence-electron chi connectivity index (χ1n) is 6.37. The van der Waals surface area contributed by atoms with Gasteiger partial charge in [0.25, 0.3) is 0 Å². The summed E-state index contributed by atoms with van der Waals surface area (Å²) in [7, 11) is 0. The standard InChI is InChI=1S/C13H16N4O5/c14-13(19)10-2-1-3-11(8-10)22-9-12(16-17-15)21-7-6-20-5-4-18/h1-4,8,12H,5-7,9H2,(H2,14,19). The summed E-state index contributed by atoms with van der Waals surface area (Å²) >= 11 is 0. The second kappa shape index (κ2) is 10.2. The number of rotatable bonds is 11. The molecule has 9 heteroatoms. The SMILES string of the molecule is [N-]=[N+]=NC(COc1cccc(C(N)=O)c1)OCCOCC=O. The van der Waals surface area contributed by atoms with Crippen molar-refractivity contribution < 1.29 is 23.8 Å². The maximum atomic E-state index is 11.1. The van der Waals surface area contributed by atoms with E-state index < -0.39 is 12.1 Å². The molecule has 0 heterocycles. The fourth-order valence-electron chi connectivity index (χ4n) is 1.45. The van der Waals surface area contributed by atoms with Crippen LogP contribution in [-0.4, -0.2) is 44.8 Å². The Morgan fingerprint density at radius 1 is 1.45 bits per heavy atom. The van der Waals surface area contributed by atoms with Crippen LogP contribution in [0.1, 0.15) is 10.4 Å². The van der Waals surface area contributed by atoms with Crippen LogP contribution in [0.2, 0.25) is 0 Å². The van der Waals surface area contributed by atoms with E-state index in [9.17, 15) is 9.59 Å². The normalized spacial score (nSPS) is 11.3. The van der Waals surface area contributed by atoms with E-state index in [4.69, 9.17) is 25.5 Å². The molecule has 0 spiro atoms. The van der Waals surface area contributed by atoms with E-state index in [2.05, 4.69) is 10.0 Å². The Bertz CT molecular complexity index is 545. The molecule has 1 amide bonds. The summed E-state index contributed by atoms with van der Waals surface area (Å²) in [5.74, 6) is -0.170. The number of benzene rings is 1. The Morgan fingerprint density at radius 3 is 2.95 bits per heavy atom. The molecular weight excluding hydrogens is 292 g/mol. The fraction of sp³-hybridized carbons (Fsp3) is 0.385. The summed E-state index contributed by atoms with van der Waals surface area (Å²) in [6.45, 7) is 0.265. The van der Waals surface area contributed by atoms with E-state index in [-0.39, 0.29) is 26.4 Å². The Morgan fingerprint density at radius 2 is 2.27 bits per heavy atom. The molecule has 1 atom stereocenters. The molecule has 9 nitrogen and oxygen atoms in total. The van der Waals surface area contributed by atoms with Crippen LogP contribution in [0.4, 0.5) is 0 Å². The van der Waals surface area contributed by atoms with Gasteiger partial charge in [0.15, 0.2) is 6.23 Å². The van der Waals surface area contributed by atoms with Gasteiger partial charge in [-0.2, -0.15) is 0 Å². The van der Waals surface area contributed by atoms with Gasteiger partial charge in [0.1, 0.15) is 25.2 Å². The number of ether oxygens (including phenoxy) is 3. The van der Waals surface area contributed by atoms with Crippen LogP contribution in [0.5, 0.6) is 5.75 Å². The Labute approximate surface area is 126 Å². The first-order valence-corrected chi connectivity index (χ1v) is 6.37. The monoisotopic (exact) mass is 308 g/mol. The zero-order valence-corrected chi connectivity index (χ0v) is 11.8. The van der Waals surface area contributed by atoms with Crippen molar-refractivity contribution in [3.8, 4) is 5.75 Å². The molecule has 1 rings (SSSR count). The summed E-state index contributed by atoms with van der Waals surface area (Å²) < 4.78 is 15.5.